The van der Waals surface area contributed by atoms with E-state index in [1.54, 1.807) is 7.11 Å². The Labute approximate surface area is 173 Å². The number of methoxy groups -OCH3 is 1. The maximum absolute atomic E-state index is 5.59. The fourth-order valence-electron chi connectivity index (χ4n) is 4.03. The Balaban J connectivity index is 1.27. The summed E-state index contributed by atoms with van der Waals surface area (Å²) >= 11 is 0. The van der Waals surface area contributed by atoms with Crippen LogP contribution >= 0.6 is 0 Å². The molecular formula is C23H30N4O2. The van der Waals surface area contributed by atoms with Crippen molar-refractivity contribution in [3.8, 4) is 11.5 Å². The van der Waals surface area contributed by atoms with E-state index in [0.717, 1.165) is 69.6 Å². The van der Waals surface area contributed by atoms with Gasteiger partial charge in [-0.25, -0.2) is 0 Å². The molecule has 2 aromatic carbocycles. The number of aliphatic imine (C=N–C) groups is 1. The topological polar surface area (TPSA) is 49.3 Å². The predicted molar refractivity (Wildman–Crippen MR) is 117 cm³/mol. The lowest BCUT2D eigenvalue weighted by Crippen LogP contribution is -2.52. The van der Waals surface area contributed by atoms with Gasteiger partial charge in [0.15, 0.2) is 5.96 Å². The van der Waals surface area contributed by atoms with E-state index in [2.05, 4.69) is 50.4 Å². The van der Waals surface area contributed by atoms with E-state index in [4.69, 9.17) is 9.47 Å². The second-order valence-corrected chi connectivity index (χ2v) is 7.44. The minimum atomic E-state index is 0.811. The molecule has 0 atom stereocenters. The smallest absolute Gasteiger partial charge is 0.193 e. The molecule has 1 N–H and O–H groups in total. The number of benzene rings is 2. The molecule has 2 aromatic rings. The fourth-order valence-corrected chi connectivity index (χ4v) is 4.03. The van der Waals surface area contributed by atoms with E-state index < -0.39 is 0 Å². The summed E-state index contributed by atoms with van der Waals surface area (Å²) in [5.41, 5.74) is 3.90. The van der Waals surface area contributed by atoms with Gasteiger partial charge in [-0.15, -0.1) is 0 Å². The predicted octanol–water partition coefficient (Wildman–Crippen LogP) is 2.57. The third-order valence-electron chi connectivity index (χ3n) is 5.66. The van der Waals surface area contributed by atoms with Gasteiger partial charge in [-0.1, -0.05) is 18.2 Å². The van der Waals surface area contributed by atoms with Crippen molar-refractivity contribution in [2.75, 3.05) is 58.4 Å². The second-order valence-electron chi connectivity index (χ2n) is 7.44. The number of guanidine groups is 1. The summed E-state index contributed by atoms with van der Waals surface area (Å²) in [5.74, 6) is 2.94. The summed E-state index contributed by atoms with van der Waals surface area (Å²) < 4.78 is 10.9. The first kappa shape index (κ1) is 19.4. The van der Waals surface area contributed by atoms with Crippen LogP contribution < -0.4 is 19.7 Å². The van der Waals surface area contributed by atoms with Crippen molar-refractivity contribution >= 4 is 11.6 Å². The molecule has 6 heteroatoms. The maximum Gasteiger partial charge on any atom is 0.193 e. The van der Waals surface area contributed by atoms with Crippen LogP contribution in [0.1, 0.15) is 11.1 Å². The second kappa shape index (κ2) is 9.07. The Morgan fingerprint density at radius 2 is 2.00 bits per heavy atom. The number of hydrogen-bond donors (Lipinski definition) is 1. The molecule has 2 aliphatic heterocycles. The van der Waals surface area contributed by atoms with Crippen LogP contribution in [0.5, 0.6) is 11.5 Å². The van der Waals surface area contributed by atoms with Gasteiger partial charge in [0.1, 0.15) is 11.5 Å². The quantitative estimate of drug-likeness (QED) is 0.624. The van der Waals surface area contributed by atoms with Gasteiger partial charge in [0.25, 0.3) is 0 Å². The molecule has 2 aliphatic rings. The lowest BCUT2D eigenvalue weighted by molar-refractivity contribution is 0.357. The Kier molecular flexibility index (Phi) is 6.08. The molecular weight excluding hydrogens is 364 g/mol. The summed E-state index contributed by atoms with van der Waals surface area (Å²) in [6.07, 6.45) is 2.01. The van der Waals surface area contributed by atoms with Gasteiger partial charge in [-0.2, -0.15) is 0 Å². The van der Waals surface area contributed by atoms with Crippen molar-refractivity contribution in [3.05, 3.63) is 53.6 Å². The minimum absolute atomic E-state index is 0.811. The number of hydrogen-bond acceptors (Lipinski definition) is 4. The van der Waals surface area contributed by atoms with Gasteiger partial charge in [0.05, 0.1) is 13.7 Å². The zero-order chi connectivity index (χ0) is 20.1. The van der Waals surface area contributed by atoms with Crippen LogP contribution in [0.2, 0.25) is 0 Å². The van der Waals surface area contributed by atoms with E-state index in [1.807, 2.05) is 19.2 Å². The molecule has 0 spiro atoms. The monoisotopic (exact) mass is 394 g/mol. The molecule has 0 radical (unpaired) electrons. The number of anilines is 1. The minimum Gasteiger partial charge on any atom is -0.497 e. The summed E-state index contributed by atoms with van der Waals surface area (Å²) in [6.45, 7) is 5.53. The summed E-state index contributed by atoms with van der Waals surface area (Å²) in [5, 5.41) is 3.53. The Morgan fingerprint density at radius 1 is 1.14 bits per heavy atom. The average Bonchev–Trinajstić information content (AvgIpc) is 3.25. The van der Waals surface area contributed by atoms with E-state index >= 15 is 0 Å². The van der Waals surface area contributed by atoms with Gasteiger partial charge in [-0.05, 0) is 35.7 Å². The first-order chi connectivity index (χ1) is 14.3. The van der Waals surface area contributed by atoms with Crippen LogP contribution in [0.3, 0.4) is 0 Å². The van der Waals surface area contributed by atoms with Gasteiger partial charge < -0.3 is 24.6 Å². The van der Waals surface area contributed by atoms with Crippen LogP contribution in [-0.2, 0) is 12.8 Å². The van der Waals surface area contributed by atoms with Gasteiger partial charge in [0.2, 0.25) is 0 Å². The van der Waals surface area contributed by atoms with E-state index in [0.29, 0.717) is 0 Å². The van der Waals surface area contributed by atoms with Crippen molar-refractivity contribution in [1.29, 1.82) is 0 Å². The van der Waals surface area contributed by atoms with Crippen molar-refractivity contribution in [2.45, 2.75) is 12.8 Å². The van der Waals surface area contributed by atoms with Crippen LogP contribution in [0.25, 0.3) is 0 Å². The molecule has 6 nitrogen and oxygen atoms in total. The highest BCUT2D eigenvalue weighted by molar-refractivity contribution is 5.80. The Bertz CT molecular complexity index is 860. The first-order valence-corrected chi connectivity index (χ1v) is 10.4. The lowest BCUT2D eigenvalue weighted by atomic mass is 10.1. The van der Waals surface area contributed by atoms with Crippen LogP contribution in [-0.4, -0.2) is 64.3 Å². The first-order valence-electron chi connectivity index (χ1n) is 10.4. The number of fused-ring (bicyclic) bond motifs is 1. The van der Waals surface area contributed by atoms with Crippen LogP contribution in [0, 0.1) is 0 Å². The van der Waals surface area contributed by atoms with Crippen LogP contribution in [0.15, 0.2) is 47.5 Å². The zero-order valence-corrected chi connectivity index (χ0v) is 17.4. The Hall–Kier alpha value is -2.89. The van der Waals surface area contributed by atoms with E-state index in [9.17, 15) is 0 Å². The molecule has 1 fully saturated rings. The zero-order valence-electron chi connectivity index (χ0n) is 17.4. The molecule has 0 unspecified atom stereocenters. The van der Waals surface area contributed by atoms with E-state index in [-0.39, 0.29) is 0 Å². The summed E-state index contributed by atoms with van der Waals surface area (Å²) in [6, 6.07) is 14.8. The average molecular weight is 395 g/mol. The van der Waals surface area contributed by atoms with Crippen molar-refractivity contribution in [3.63, 3.8) is 0 Å². The molecule has 0 aliphatic carbocycles. The summed E-state index contributed by atoms with van der Waals surface area (Å²) in [4.78, 5) is 9.24. The molecule has 29 heavy (non-hydrogen) atoms. The molecule has 4 rings (SSSR count). The third kappa shape index (κ3) is 4.58. The molecule has 154 valence electrons. The maximum atomic E-state index is 5.59. The van der Waals surface area contributed by atoms with Gasteiger partial charge >= 0.3 is 0 Å². The third-order valence-corrected chi connectivity index (χ3v) is 5.66. The number of piperazine rings is 1. The molecule has 0 saturated carbocycles. The van der Waals surface area contributed by atoms with Gasteiger partial charge in [-0.3, -0.25) is 4.99 Å². The SMILES string of the molecule is CN=C(NCCc1ccc2c(c1)CCO2)N1CCN(c2cccc(OC)c2)CC1. The Morgan fingerprint density at radius 3 is 2.79 bits per heavy atom. The van der Waals surface area contributed by atoms with Crippen molar-refractivity contribution < 1.29 is 9.47 Å². The highest BCUT2D eigenvalue weighted by Crippen LogP contribution is 2.26. The molecule has 1 saturated heterocycles. The molecule has 0 aromatic heterocycles. The molecule has 2 heterocycles. The highest BCUT2D eigenvalue weighted by atomic mass is 16.5. The number of nitrogens with one attached hydrogen (secondary N) is 1. The summed E-state index contributed by atoms with van der Waals surface area (Å²) in [7, 11) is 3.58. The normalized spacial score (nSPS) is 16.4. The largest absolute Gasteiger partial charge is 0.497 e. The molecule has 0 bridgehead atoms. The highest BCUT2D eigenvalue weighted by Gasteiger charge is 2.20. The fraction of sp³-hybridized carbons (Fsp3) is 0.435. The van der Waals surface area contributed by atoms with Crippen molar-refractivity contribution in [2.24, 2.45) is 4.99 Å². The van der Waals surface area contributed by atoms with Gasteiger partial charge in [0, 0.05) is 57.9 Å². The lowest BCUT2D eigenvalue weighted by Gasteiger charge is -2.37. The number of rotatable bonds is 5. The standard InChI is InChI=1S/C23H30N4O2/c1-24-23(25-10-8-18-6-7-22-19(16-18)9-15-29-22)27-13-11-26(12-14-27)20-4-3-5-21(17-20)28-2/h3-7,16-17H,8-15H2,1-2H3,(H,24,25). The number of ether oxygens (including phenoxy) is 2. The van der Waals surface area contributed by atoms with Crippen molar-refractivity contribution in [1.82, 2.24) is 10.2 Å². The number of nitrogens with zero attached hydrogens (tertiary/aromatic N) is 3. The molecule has 0 amide bonds. The van der Waals surface area contributed by atoms with E-state index in [1.165, 1.54) is 16.8 Å². The van der Waals surface area contributed by atoms with Crippen LogP contribution in [0.4, 0.5) is 5.69 Å².